The van der Waals surface area contributed by atoms with Gasteiger partial charge in [-0.05, 0) is 44.9 Å². The topological polar surface area (TPSA) is 60.3 Å². The number of carbonyl (C=O) groups excluding carboxylic acids is 2. The van der Waals surface area contributed by atoms with E-state index in [2.05, 4.69) is 5.32 Å². The summed E-state index contributed by atoms with van der Waals surface area (Å²) in [6.07, 6.45) is 0. The van der Waals surface area contributed by atoms with E-state index in [4.69, 9.17) is 4.74 Å². The van der Waals surface area contributed by atoms with Gasteiger partial charge in [-0.2, -0.15) is 0 Å². The van der Waals surface area contributed by atoms with Crippen molar-refractivity contribution < 1.29 is 14.3 Å². The zero-order valence-corrected chi connectivity index (χ0v) is 14.2. The van der Waals surface area contributed by atoms with Gasteiger partial charge in [0, 0.05) is 18.4 Å². The summed E-state index contributed by atoms with van der Waals surface area (Å²) in [7, 11) is 1.76. The molecule has 0 aliphatic carbocycles. The molecule has 0 spiro atoms. The van der Waals surface area contributed by atoms with Crippen LogP contribution in [0.5, 0.6) is 0 Å². The van der Waals surface area contributed by atoms with Gasteiger partial charge >= 0.3 is 5.97 Å². The van der Waals surface area contributed by atoms with Gasteiger partial charge in [0.15, 0.2) is 0 Å². The SMILES string of the molecule is CCOC(=O)c1c(C)c(C(=O)Nc2ccccc2C)c(C)n1C. The number of amides is 1. The molecule has 1 aromatic heterocycles. The molecule has 0 fully saturated rings. The third kappa shape index (κ3) is 3.13. The first kappa shape index (κ1) is 16.8. The van der Waals surface area contributed by atoms with Crippen LogP contribution in [0.3, 0.4) is 0 Å². The van der Waals surface area contributed by atoms with Crippen LogP contribution in [0.1, 0.15) is 44.6 Å². The molecule has 1 N–H and O–H groups in total. The highest BCUT2D eigenvalue weighted by Gasteiger charge is 2.25. The molecule has 1 heterocycles. The fraction of sp³-hybridized carbons (Fsp3) is 0.333. The maximum Gasteiger partial charge on any atom is 0.355 e. The van der Waals surface area contributed by atoms with Crippen molar-refractivity contribution in [3.8, 4) is 0 Å². The van der Waals surface area contributed by atoms with Gasteiger partial charge in [0.1, 0.15) is 5.69 Å². The maximum absolute atomic E-state index is 12.7. The number of hydrogen-bond acceptors (Lipinski definition) is 3. The van der Waals surface area contributed by atoms with E-state index < -0.39 is 5.97 Å². The van der Waals surface area contributed by atoms with E-state index in [1.807, 2.05) is 38.1 Å². The van der Waals surface area contributed by atoms with Crippen LogP contribution in [-0.2, 0) is 11.8 Å². The molecule has 2 aromatic rings. The first-order valence-corrected chi connectivity index (χ1v) is 7.58. The Morgan fingerprint density at radius 1 is 1.17 bits per heavy atom. The number of carbonyl (C=O) groups is 2. The van der Waals surface area contributed by atoms with Gasteiger partial charge in [-0.15, -0.1) is 0 Å². The van der Waals surface area contributed by atoms with Gasteiger partial charge in [-0.1, -0.05) is 18.2 Å². The summed E-state index contributed by atoms with van der Waals surface area (Å²) in [5.41, 5.74) is 4.04. The van der Waals surface area contributed by atoms with Crippen molar-refractivity contribution in [2.45, 2.75) is 27.7 Å². The van der Waals surface area contributed by atoms with Crippen molar-refractivity contribution in [3.63, 3.8) is 0 Å². The van der Waals surface area contributed by atoms with Crippen molar-refractivity contribution in [3.05, 3.63) is 52.3 Å². The van der Waals surface area contributed by atoms with Crippen LogP contribution < -0.4 is 5.32 Å². The Kier molecular flexibility index (Phi) is 4.89. The van der Waals surface area contributed by atoms with Gasteiger partial charge in [-0.25, -0.2) is 4.79 Å². The third-order valence-corrected chi connectivity index (χ3v) is 4.02. The van der Waals surface area contributed by atoms with Crippen LogP contribution in [-0.4, -0.2) is 23.1 Å². The van der Waals surface area contributed by atoms with Crippen molar-refractivity contribution in [1.82, 2.24) is 4.57 Å². The molecular formula is C18H22N2O3. The van der Waals surface area contributed by atoms with Gasteiger partial charge in [0.2, 0.25) is 0 Å². The zero-order chi connectivity index (χ0) is 17.1. The van der Waals surface area contributed by atoms with E-state index in [1.165, 1.54) is 0 Å². The molecule has 0 saturated heterocycles. The number of benzene rings is 1. The van der Waals surface area contributed by atoms with Crippen molar-refractivity contribution in [2.75, 3.05) is 11.9 Å². The van der Waals surface area contributed by atoms with Crippen LogP contribution in [0.4, 0.5) is 5.69 Å². The predicted octanol–water partition coefficient (Wildman–Crippen LogP) is 3.38. The molecule has 0 aliphatic rings. The molecule has 5 heteroatoms. The molecule has 122 valence electrons. The minimum atomic E-state index is -0.412. The van der Waals surface area contributed by atoms with Crippen LogP contribution in [0, 0.1) is 20.8 Å². The number of para-hydroxylation sites is 1. The van der Waals surface area contributed by atoms with E-state index in [1.54, 1.807) is 25.5 Å². The summed E-state index contributed by atoms with van der Waals surface area (Å²) in [5, 5.41) is 2.92. The number of esters is 1. The number of anilines is 1. The molecule has 5 nitrogen and oxygen atoms in total. The van der Waals surface area contributed by atoms with E-state index in [9.17, 15) is 9.59 Å². The van der Waals surface area contributed by atoms with Crippen LogP contribution >= 0.6 is 0 Å². The Morgan fingerprint density at radius 3 is 2.43 bits per heavy atom. The second kappa shape index (κ2) is 6.69. The Labute approximate surface area is 136 Å². The quantitative estimate of drug-likeness (QED) is 0.880. The minimum absolute atomic E-state index is 0.222. The lowest BCUT2D eigenvalue weighted by Crippen LogP contribution is -2.15. The van der Waals surface area contributed by atoms with E-state index in [0.717, 1.165) is 16.9 Å². The van der Waals surface area contributed by atoms with Crippen LogP contribution in [0.2, 0.25) is 0 Å². The molecule has 0 aliphatic heterocycles. The average molecular weight is 314 g/mol. The Morgan fingerprint density at radius 2 is 1.83 bits per heavy atom. The smallest absolute Gasteiger partial charge is 0.355 e. The molecule has 23 heavy (non-hydrogen) atoms. The maximum atomic E-state index is 12.7. The molecule has 0 atom stereocenters. The monoisotopic (exact) mass is 314 g/mol. The number of hydrogen-bond donors (Lipinski definition) is 1. The summed E-state index contributed by atoms with van der Waals surface area (Å²) in [5.74, 6) is -0.633. The van der Waals surface area contributed by atoms with Gasteiger partial charge in [0.25, 0.3) is 5.91 Å². The van der Waals surface area contributed by atoms with E-state index in [-0.39, 0.29) is 5.91 Å². The highest BCUT2D eigenvalue weighted by Crippen LogP contribution is 2.24. The molecule has 0 radical (unpaired) electrons. The van der Waals surface area contributed by atoms with Gasteiger partial charge in [-0.3, -0.25) is 4.79 Å². The summed E-state index contributed by atoms with van der Waals surface area (Å²) in [4.78, 5) is 24.8. The minimum Gasteiger partial charge on any atom is -0.461 e. The number of aryl methyl sites for hydroxylation is 1. The fourth-order valence-electron chi connectivity index (χ4n) is 2.70. The standard InChI is InChI=1S/C18H22N2O3/c1-6-23-18(22)16-12(3)15(13(4)20(16)5)17(21)19-14-10-8-7-9-11(14)2/h7-10H,6H2,1-5H3,(H,19,21). The molecule has 0 bridgehead atoms. The van der Waals surface area contributed by atoms with Crippen molar-refractivity contribution in [2.24, 2.45) is 7.05 Å². The normalized spacial score (nSPS) is 10.5. The van der Waals surface area contributed by atoms with Crippen molar-refractivity contribution >= 4 is 17.6 Å². The lowest BCUT2D eigenvalue weighted by atomic mass is 10.1. The summed E-state index contributed by atoms with van der Waals surface area (Å²) >= 11 is 0. The first-order chi connectivity index (χ1) is 10.9. The molecule has 1 amide bonds. The second-order valence-corrected chi connectivity index (χ2v) is 5.48. The van der Waals surface area contributed by atoms with Gasteiger partial charge in [0.05, 0.1) is 12.2 Å². The predicted molar refractivity (Wildman–Crippen MR) is 90.0 cm³/mol. The molecule has 0 unspecified atom stereocenters. The number of aromatic nitrogens is 1. The third-order valence-electron chi connectivity index (χ3n) is 4.02. The molecule has 0 saturated carbocycles. The lowest BCUT2D eigenvalue weighted by Gasteiger charge is -2.08. The Hall–Kier alpha value is -2.56. The van der Waals surface area contributed by atoms with E-state index >= 15 is 0 Å². The molecule has 1 aromatic carbocycles. The number of nitrogens with one attached hydrogen (secondary N) is 1. The summed E-state index contributed by atoms with van der Waals surface area (Å²) < 4.78 is 6.79. The number of ether oxygens (including phenoxy) is 1. The summed E-state index contributed by atoms with van der Waals surface area (Å²) in [6.45, 7) is 7.58. The van der Waals surface area contributed by atoms with E-state index in [0.29, 0.717) is 23.4 Å². The zero-order valence-electron chi connectivity index (χ0n) is 14.2. The second-order valence-electron chi connectivity index (χ2n) is 5.48. The first-order valence-electron chi connectivity index (χ1n) is 7.58. The average Bonchev–Trinajstić information content (AvgIpc) is 2.72. The number of rotatable bonds is 4. The van der Waals surface area contributed by atoms with Crippen LogP contribution in [0.15, 0.2) is 24.3 Å². The largest absolute Gasteiger partial charge is 0.461 e. The Balaban J connectivity index is 2.40. The van der Waals surface area contributed by atoms with Crippen molar-refractivity contribution in [1.29, 1.82) is 0 Å². The molecule has 2 rings (SSSR count). The highest BCUT2D eigenvalue weighted by molar-refractivity contribution is 6.08. The van der Waals surface area contributed by atoms with Crippen LogP contribution in [0.25, 0.3) is 0 Å². The fourth-order valence-corrected chi connectivity index (χ4v) is 2.70. The summed E-state index contributed by atoms with van der Waals surface area (Å²) in [6, 6.07) is 7.58. The van der Waals surface area contributed by atoms with Gasteiger partial charge < -0.3 is 14.6 Å². The number of nitrogens with zero attached hydrogens (tertiary/aromatic N) is 1. The molecular weight excluding hydrogens is 292 g/mol. The lowest BCUT2D eigenvalue weighted by molar-refractivity contribution is 0.0514. The Bertz CT molecular complexity index is 760. The highest BCUT2D eigenvalue weighted by atomic mass is 16.5.